The van der Waals surface area contributed by atoms with Crippen LogP contribution in [0.2, 0.25) is 10.0 Å². The first-order valence-electron chi connectivity index (χ1n) is 13.7. The number of nitrogens with zero attached hydrogens (tertiary/aromatic N) is 2. The van der Waals surface area contributed by atoms with Crippen molar-refractivity contribution in [1.82, 2.24) is 10.2 Å². The average Bonchev–Trinajstić information content (AvgIpc) is 2.96. The maximum Gasteiger partial charge on any atom is 0.244 e. The lowest BCUT2D eigenvalue weighted by atomic mass is 9.94. The molecule has 0 aliphatic heterocycles. The highest BCUT2D eigenvalue weighted by Crippen LogP contribution is 2.26. The SMILES string of the molecule is CS(=O)(=O)N(CC(=O)N(Cc1ccc(Cl)c(Cl)c1)C(Cc1ccccc1)C(=O)NC1CCCCC1)c1ccccc1. The summed E-state index contributed by atoms with van der Waals surface area (Å²) in [5.41, 5.74) is 1.91. The van der Waals surface area contributed by atoms with Crippen LogP contribution >= 0.6 is 23.2 Å². The molecule has 1 N–H and O–H groups in total. The van der Waals surface area contributed by atoms with Crippen molar-refractivity contribution in [1.29, 1.82) is 0 Å². The van der Waals surface area contributed by atoms with E-state index in [0.717, 1.165) is 48.2 Å². The Morgan fingerprint density at radius 3 is 2.12 bits per heavy atom. The number of anilines is 1. The van der Waals surface area contributed by atoms with Crippen molar-refractivity contribution in [3.8, 4) is 0 Å². The van der Waals surface area contributed by atoms with Gasteiger partial charge in [-0.15, -0.1) is 0 Å². The van der Waals surface area contributed by atoms with Crippen LogP contribution in [0.5, 0.6) is 0 Å². The first-order chi connectivity index (χ1) is 19.6. The van der Waals surface area contributed by atoms with Gasteiger partial charge >= 0.3 is 0 Å². The molecule has 0 radical (unpaired) electrons. The quantitative estimate of drug-likeness (QED) is 0.293. The Kier molecular flexibility index (Phi) is 10.7. The molecule has 218 valence electrons. The zero-order valence-electron chi connectivity index (χ0n) is 23.0. The second kappa shape index (κ2) is 14.2. The zero-order chi connectivity index (χ0) is 29.4. The summed E-state index contributed by atoms with van der Waals surface area (Å²) in [6.45, 7) is -0.427. The smallest absolute Gasteiger partial charge is 0.244 e. The van der Waals surface area contributed by atoms with E-state index < -0.39 is 28.5 Å². The second-order valence-electron chi connectivity index (χ2n) is 10.4. The Balaban J connectivity index is 1.72. The van der Waals surface area contributed by atoms with E-state index >= 15 is 0 Å². The predicted molar refractivity (Wildman–Crippen MR) is 165 cm³/mol. The summed E-state index contributed by atoms with van der Waals surface area (Å²) >= 11 is 12.4. The van der Waals surface area contributed by atoms with E-state index in [9.17, 15) is 18.0 Å². The minimum Gasteiger partial charge on any atom is -0.352 e. The van der Waals surface area contributed by atoms with E-state index in [0.29, 0.717) is 21.3 Å². The van der Waals surface area contributed by atoms with Crippen molar-refractivity contribution in [3.05, 3.63) is 100 Å². The molecule has 1 unspecified atom stereocenters. The molecule has 1 aliphatic rings. The lowest BCUT2D eigenvalue weighted by Crippen LogP contribution is -2.55. The third-order valence-electron chi connectivity index (χ3n) is 7.28. The van der Waals surface area contributed by atoms with Crippen LogP contribution in [0, 0.1) is 0 Å². The standard InChI is InChI=1S/C31H35Cl2N3O4S/c1-41(39,40)36(26-15-9-4-10-16-26)22-30(37)35(21-24-17-18-27(32)28(33)19-24)29(20-23-11-5-2-6-12-23)31(38)34-25-13-7-3-8-14-25/h2,4-6,9-12,15-19,25,29H,3,7-8,13-14,20-22H2,1H3,(H,34,38). The fourth-order valence-corrected chi connectivity index (χ4v) is 6.31. The molecule has 0 saturated heterocycles. The molecule has 1 fully saturated rings. The number of rotatable bonds is 11. The number of hydrogen-bond donors (Lipinski definition) is 1. The Morgan fingerprint density at radius 2 is 1.51 bits per heavy atom. The Bertz CT molecular complexity index is 1430. The monoisotopic (exact) mass is 615 g/mol. The molecule has 0 bridgehead atoms. The highest BCUT2D eigenvalue weighted by atomic mass is 35.5. The number of hydrogen-bond acceptors (Lipinski definition) is 4. The molecule has 7 nitrogen and oxygen atoms in total. The van der Waals surface area contributed by atoms with Gasteiger partial charge in [-0.1, -0.05) is 97.1 Å². The van der Waals surface area contributed by atoms with Gasteiger partial charge in [0.2, 0.25) is 21.8 Å². The number of carbonyl (C=O) groups is 2. The summed E-state index contributed by atoms with van der Waals surface area (Å²) in [5, 5.41) is 3.88. The number of amides is 2. The van der Waals surface area contributed by atoms with Crippen LogP contribution < -0.4 is 9.62 Å². The molecule has 3 aromatic carbocycles. The van der Waals surface area contributed by atoms with E-state index in [1.54, 1.807) is 48.5 Å². The summed E-state index contributed by atoms with van der Waals surface area (Å²) in [7, 11) is -3.81. The molecule has 0 spiro atoms. The number of carbonyl (C=O) groups excluding carboxylic acids is 2. The van der Waals surface area contributed by atoms with Gasteiger partial charge in [-0.25, -0.2) is 8.42 Å². The van der Waals surface area contributed by atoms with Crippen LogP contribution in [0.15, 0.2) is 78.9 Å². The first kappa shape index (κ1) is 30.9. The third-order valence-corrected chi connectivity index (χ3v) is 9.16. The van der Waals surface area contributed by atoms with Crippen molar-refractivity contribution in [2.24, 2.45) is 0 Å². The summed E-state index contributed by atoms with van der Waals surface area (Å²) < 4.78 is 26.7. The first-order valence-corrected chi connectivity index (χ1v) is 16.3. The van der Waals surface area contributed by atoms with E-state index in [1.165, 1.54) is 4.90 Å². The van der Waals surface area contributed by atoms with Crippen molar-refractivity contribution >= 4 is 50.7 Å². The zero-order valence-corrected chi connectivity index (χ0v) is 25.3. The lowest BCUT2D eigenvalue weighted by Gasteiger charge is -2.35. The predicted octanol–water partition coefficient (Wildman–Crippen LogP) is 5.85. The molecule has 10 heteroatoms. The lowest BCUT2D eigenvalue weighted by molar-refractivity contribution is -0.140. The van der Waals surface area contributed by atoms with Gasteiger partial charge in [-0.3, -0.25) is 13.9 Å². The third kappa shape index (κ3) is 8.71. The summed E-state index contributed by atoms with van der Waals surface area (Å²) in [6.07, 6.45) is 6.33. The van der Waals surface area contributed by atoms with Gasteiger partial charge < -0.3 is 10.2 Å². The number of sulfonamides is 1. The van der Waals surface area contributed by atoms with Crippen LogP contribution in [0.3, 0.4) is 0 Å². The molecular weight excluding hydrogens is 581 g/mol. The van der Waals surface area contributed by atoms with E-state index in [1.807, 2.05) is 30.3 Å². The summed E-state index contributed by atoms with van der Waals surface area (Å²) in [4.78, 5) is 29.5. The van der Waals surface area contributed by atoms with E-state index in [-0.39, 0.29) is 24.9 Å². The van der Waals surface area contributed by atoms with Crippen LogP contribution in [-0.2, 0) is 32.6 Å². The van der Waals surface area contributed by atoms with Crippen molar-refractivity contribution in [2.45, 2.75) is 57.2 Å². The second-order valence-corrected chi connectivity index (χ2v) is 13.1. The van der Waals surface area contributed by atoms with Crippen molar-refractivity contribution in [2.75, 3.05) is 17.1 Å². The fourth-order valence-electron chi connectivity index (χ4n) is 5.14. The minimum absolute atomic E-state index is 0.0355. The van der Waals surface area contributed by atoms with Crippen LogP contribution in [0.25, 0.3) is 0 Å². The van der Waals surface area contributed by atoms with Crippen molar-refractivity contribution in [3.63, 3.8) is 0 Å². The molecule has 2 amide bonds. The molecule has 4 rings (SSSR count). The van der Waals surface area contributed by atoms with Gasteiger partial charge in [-0.05, 0) is 48.2 Å². The van der Waals surface area contributed by atoms with Crippen LogP contribution in [-0.4, -0.2) is 50.0 Å². The number of halogens is 2. The highest BCUT2D eigenvalue weighted by Gasteiger charge is 2.34. The van der Waals surface area contributed by atoms with Crippen LogP contribution in [0.1, 0.15) is 43.2 Å². The molecule has 1 saturated carbocycles. The maximum atomic E-state index is 14.1. The highest BCUT2D eigenvalue weighted by molar-refractivity contribution is 7.92. The molecule has 1 aliphatic carbocycles. The largest absolute Gasteiger partial charge is 0.352 e. The van der Waals surface area contributed by atoms with E-state index in [2.05, 4.69) is 5.32 Å². The topological polar surface area (TPSA) is 86.8 Å². The van der Waals surface area contributed by atoms with E-state index in [4.69, 9.17) is 23.2 Å². The molecule has 3 aromatic rings. The molecule has 1 atom stereocenters. The van der Waals surface area contributed by atoms with Crippen LogP contribution in [0.4, 0.5) is 5.69 Å². The number of para-hydroxylation sites is 1. The number of nitrogens with one attached hydrogen (secondary N) is 1. The van der Waals surface area contributed by atoms with Gasteiger partial charge in [-0.2, -0.15) is 0 Å². The molecule has 41 heavy (non-hydrogen) atoms. The summed E-state index contributed by atoms with van der Waals surface area (Å²) in [5.74, 6) is -0.773. The Labute approximate surface area is 252 Å². The summed E-state index contributed by atoms with van der Waals surface area (Å²) in [6, 6.07) is 22.1. The van der Waals surface area contributed by atoms with Gasteiger partial charge in [0.05, 0.1) is 22.0 Å². The van der Waals surface area contributed by atoms with Gasteiger partial charge in [0, 0.05) is 19.0 Å². The average molecular weight is 617 g/mol. The Hall–Kier alpha value is -3.07. The van der Waals surface area contributed by atoms with Crippen molar-refractivity contribution < 1.29 is 18.0 Å². The molecule has 0 aromatic heterocycles. The fraction of sp³-hybridized carbons (Fsp3) is 0.355. The normalized spacial score (nSPS) is 14.7. The minimum atomic E-state index is -3.81. The van der Waals surface area contributed by atoms with Gasteiger partial charge in [0.1, 0.15) is 12.6 Å². The Morgan fingerprint density at radius 1 is 0.878 bits per heavy atom. The van der Waals surface area contributed by atoms with Gasteiger partial charge in [0.25, 0.3) is 0 Å². The molecular formula is C31H35Cl2N3O4S. The number of benzene rings is 3. The molecule has 0 heterocycles. The maximum absolute atomic E-state index is 14.1. The van der Waals surface area contributed by atoms with Gasteiger partial charge in [0.15, 0.2) is 0 Å².